The van der Waals surface area contributed by atoms with E-state index in [9.17, 15) is 4.79 Å². The topological polar surface area (TPSA) is 32.3 Å². The lowest BCUT2D eigenvalue weighted by molar-refractivity contribution is -0.132. The SMILES string of the molecule is Cc1ccccc1C1CC(NC2CCC(=O)N(C)C2)C1. The van der Waals surface area contributed by atoms with Crippen LogP contribution in [0.15, 0.2) is 24.3 Å². The van der Waals surface area contributed by atoms with E-state index >= 15 is 0 Å². The molecule has 1 N–H and O–H groups in total. The van der Waals surface area contributed by atoms with E-state index in [4.69, 9.17) is 0 Å². The molecular weight excluding hydrogens is 248 g/mol. The Bertz CT molecular complexity index is 494. The molecule has 0 bridgehead atoms. The van der Waals surface area contributed by atoms with Gasteiger partial charge >= 0.3 is 0 Å². The number of likely N-dealkylation sites (tertiary alicyclic amines) is 1. The van der Waals surface area contributed by atoms with Crippen LogP contribution < -0.4 is 5.32 Å². The highest BCUT2D eigenvalue weighted by atomic mass is 16.2. The van der Waals surface area contributed by atoms with Crippen LogP contribution in [0.25, 0.3) is 0 Å². The predicted octanol–water partition coefficient (Wildman–Crippen LogP) is 2.45. The number of benzene rings is 1. The Kier molecular flexibility index (Phi) is 3.79. The summed E-state index contributed by atoms with van der Waals surface area (Å²) in [4.78, 5) is 13.3. The molecule has 0 radical (unpaired) electrons. The standard InChI is InChI=1S/C17H24N2O/c1-12-5-3-4-6-16(12)13-9-15(10-13)18-14-7-8-17(20)19(2)11-14/h3-6,13-15,18H,7-11H2,1-2H3. The van der Waals surface area contributed by atoms with Crippen molar-refractivity contribution in [2.75, 3.05) is 13.6 Å². The average molecular weight is 272 g/mol. The van der Waals surface area contributed by atoms with Gasteiger partial charge in [-0.25, -0.2) is 0 Å². The van der Waals surface area contributed by atoms with E-state index in [2.05, 4.69) is 36.5 Å². The lowest BCUT2D eigenvalue weighted by Gasteiger charge is -2.41. The largest absolute Gasteiger partial charge is 0.344 e. The average Bonchev–Trinajstić information content (AvgIpc) is 2.39. The quantitative estimate of drug-likeness (QED) is 0.916. The van der Waals surface area contributed by atoms with Gasteiger partial charge in [0.1, 0.15) is 0 Å². The fourth-order valence-electron chi connectivity index (χ4n) is 3.53. The third-order valence-electron chi connectivity index (χ3n) is 4.86. The van der Waals surface area contributed by atoms with Gasteiger partial charge in [0.25, 0.3) is 0 Å². The van der Waals surface area contributed by atoms with E-state index in [1.807, 2.05) is 11.9 Å². The molecule has 3 nitrogen and oxygen atoms in total. The molecular formula is C17H24N2O. The summed E-state index contributed by atoms with van der Waals surface area (Å²) in [6.07, 6.45) is 4.16. The van der Waals surface area contributed by atoms with Crippen molar-refractivity contribution in [3.8, 4) is 0 Å². The zero-order valence-corrected chi connectivity index (χ0v) is 12.4. The number of piperidine rings is 1. The maximum atomic E-state index is 11.5. The van der Waals surface area contributed by atoms with Crippen molar-refractivity contribution < 1.29 is 4.79 Å². The Morgan fingerprint density at radius 3 is 2.65 bits per heavy atom. The molecule has 3 rings (SSSR count). The summed E-state index contributed by atoms with van der Waals surface area (Å²) >= 11 is 0. The van der Waals surface area contributed by atoms with Crippen molar-refractivity contribution in [2.24, 2.45) is 0 Å². The molecule has 1 atom stereocenters. The number of aryl methyl sites for hydroxylation is 1. The summed E-state index contributed by atoms with van der Waals surface area (Å²) in [5.74, 6) is 1.01. The molecule has 2 aliphatic rings. The molecule has 1 aliphatic carbocycles. The molecule has 20 heavy (non-hydrogen) atoms. The molecule has 0 spiro atoms. The number of amides is 1. The zero-order chi connectivity index (χ0) is 14.1. The highest BCUT2D eigenvalue weighted by Crippen LogP contribution is 2.38. The molecule has 1 heterocycles. The molecule has 1 saturated heterocycles. The van der Waals surface area contributed by atoms with Crippen molar-refractivity contribution in [3.05, 3.63) is 35.4 Å². The van der Waals surface area contributed by atoms with Crippen molar-refractivity contribution in [2.45, 2.75) is 50.6 Å². The molecule has 1 aliphatic heterocycles. The van der Waals surface area contributed by atoms with Crippen molar-refractivity contribution in [3.63, 3.8) is 0 Å². The number of likely N-dealkylation sites (N-methyl/N-ethyl adjacent to an activating group) is 1. The van der Waals surface area contributed by atoms with Crippen LogP contribution in [0.3, 0.4) is 0 Å². The lowest BCUT2D eigenvalue weighted by Crippen LogP contribution is -2.52. The monoisotopic (exact) mass is 272 g/mol. The number of nitrogens with one attached hydrogen (secondary N) is 1. The predicted molar refractivity (Wildman–Crippen MR) is 80.7 cm³/mol. The molecule has 3 heteroatoms. The highest BCUT2D eigenvalue weighted by molar-refractivity contribution is 5.76. The summed E-state index contributed by atoms with van der Waals surface area (Å²) in [6, 6.07) is 9.85. The van der Waals surface area contributed by atoms with Crippen LogP contribution >= 0.6 is 0 Å². The van der Waals surface area contributed by atoms with E-state index in [-0.39, 0.29) is 5.91 Å². The summed E-state index contributed by atoms with van der Waals surface area (Å²) in [5, 5.41) is 3.73. The minimum Gasteiger partial charge on any atom is -0.344 e. The number of rotatable bonds is 3. The van der Waals surface area contributed by atoms with E-state index in [1.165, 1.54) is 24.0 Å². The highest BCUT2D eigenvalue weighted by Gasteiger charge is 2.33. The molecule has 2 fully saturated rings. The van der Waals surface area contributed by atoms with Gasteiger partial charge < -0.3 is 10.2 Å². The van der Waals surface area contributed by atoms with E-state index in [1.54, 1.807) is 0 Å². The Morgan fingerprint density at radius 2 is 1.95 bits per heavy atom. The first kappa shape index (κ1) is 13.6. The van der Waals surface area contributed by atoms with Gasteiger partial charge in [0.2, 0.25) is 5.91 Å². The van der Waals surface area contributed by atoms with Crippen LogP contribution in [0, 0.1) is 6.92 Å². The van der Waals surface area contributed by atoms with Gasteiger partial charge in [0.15, 0.2) is 0 Å². The molecule has 1 saturated carbocycles. The van der Waals surface area contributed by atoms with E-state index < -0.39 is 0 Å². The second kappa shape index (κ2) is 5.57. The van der Waals surface area contributed by atoms with Crippen LogP contribution in [0.1, 0.15) is 42.7 Å². The summed E-state index contributed by atoms with van der Waals surface area (Å²) in [5.41, 5.74) is 2.93. The first-order valence-corrected chi connectivity index (χ1v) is 7.69. The third-order valence-corrected chi connectivity index (χ3v) is 4.86. The maximum Gasteiger partial charge on any atom is 0.222 e. The first-order chi connectivity index (χ1) is 9.63. The Balaban J connectivity index is 1.49. The second-order valence-electron chi connectivity index (χ2n) is 6.40. The van der Waals surface area contributed by atoms with E-state index in [0.717, 1.165) is 18.9 Å². The van der Waals surface area contributed by atoms with Crippen molar-refractivity contribution in [1.82, 2.24) is 10.2 Å². The lowest BCUT2D eigenvalue weighted by atomic mass is 9.74. The molecule has 108 valence electrons. The number of hydrogen-bond donors (Lipinski definition) is 1. The van der Waals surface area contributed by atoms with Gasteiger partial charge in [-0.15, -0.1) is 0 Å². The maximum absolute atomic E-state index is 11.5. The van der Waals surface area contributed by atoms with Crippen molar-refractivity contribution in [1.29, 1.82) is 0 Å². The van der Waals surface area contributed by atoms with Crippen LogP contribution in [-0.2, 0) is 4.79 Å². The summed E-state index contributed by atoms with van der Waals surface area (Å²) in [7, 11) is 1.91. The number of carbonyl (C=O) groups is 1. The molecule has 1 unspecified atom stereocenters. The minimum atomic E-state index is 0.287. The number of nitrogens with zero attached hydrogens (tertiary/aromatic N) is 1. The fraction of sp³-hybridized carbons (Fsp3) is 0.588. The normalized spacial score (nSPS) is 30.2. The molecule has 1 aromatic rings. The van der Waals surface area contributed by atoms with Gasteiger partial charge in [-0.3, -0.25) is 4.79 Å². The third kappa shape index (κ3) is 2.73. The van der Waals surface area contributed by atoms with Crippen LogP contribution in [-0.4, -0.2) is 36.5 Å². The summed E-state index contributed by atoms with van der Waals surface area (Å²) < 4.78 is 0. The number of hydrogen-bond acceptors (Lipinski definition) is 2. The van der Waals surface area contributed by atoms with Crippen LogP contribution in [0.4, 0.5) is 0 Å². The van der Waals surface area contributed by atoms with Crippen molar-refractivity contribution >= 4 is 5.91 Å². The van der Waals surface area contributed by atoms with Crippen LogP contribution in [0.5, 0.6) is 0 Å². The van der Waals surface area contributed by atoms with Gasteiger partial charge in [-0.05, 0) is 43.2 Å². The van der Waals surface area contributed by atoms with Gasteiger partial charge in [0.05, 0.1) is 0 Å². The molecule has 1 aromatic carbocycles. The van der Waals surface area contributed by atoms with Gasteiger partial charge in [0, 0.05) is 32.1 Å². The van der Waals surface area contributed by atoms with Gasteiger partial charge in [-0.1, -0.05) is 24.3 Å². The Hall–Kier alpha value is -1.35. The second-order valence-corrected chi connectivity index (χ2v) is 6.40. The Labute approximate surface area is 121 Å². The zero-order valence-electron chi connectivity index (χ0n) is 12.4. The molecule has 1 amide bonds. The molecule has 0 aromatic heterocycles. The summed E-state index contributed by atoms with van der Waals surface area (Å²) in [6.45, 7) is 3.07. The smallest absolute Gasteiger partial charge is 0.222 e. The first-order valence-electron chi connectivity index (χ1n) is 7.69. The fourth-order valence-corrected chi connectivity index (χ4v) is 3.53. The Morgan fingerprint density at radius 1 is 1.20 bits per heavy atom. The van der Waals surface area contributed by atoms with Gasteiger partial charge in [-0.2, -0.15) is 0 Å². The number of carbonyl (C=O) groups excluding carboxylic acids is 1. The van der Waals surface area contributed by atoms with E-state index in [0.29, 0.717) is 18.5 Å². The van der Waals surface area contributed by atoms with Crippen LogP contribution in [0.2, 0.25) is 0 Å². The minimum absolute atomic E-state index is 0.287.